The van der Waals surface area contributed by atoms with E-state index in [9.17, 15) is 9.59 Å². The zero-order valence-electron chi connectivity index (χ0n) is 16.1. The molecule has 0 saturated carbocycles. The molecule has 0 aliphatic heterocycles. The number of carbonyl (C=O) groups excluding carboxylic acids is 2. The van der Waals surface area contributed by atoms with Crippen molar-refractivity contribution < 1.29 is 14.3 Å². The van der Waals surface area contributed by atoms with E-state index in [1.807, 2.05) is 12.1 Å². The van der Waals surface area contributed by atoms with Gasteiger partial charge in [-0.1, -0.05) is 18.2 Å². The molecule has 0 radical (unpaired) electrons. The Labute approximate surface area is 168 Å². The Morgan fingerprint density at radius 2 is 2.00 bits per heavy atom. The highest BCUT2D eigenvalue weighted by atomic mass is 16.5. The van der Waals surface area contributed by atoms with Crippen LogP contribution in [0.3, 0.4) is 0 Å². The molecule has 0 atom stereocenters. The summed E-state index contributed by atoms with van der Waals surface area (Å²) < 4.78 is 7.25. The van der Waals surface area contributed by atoms with Crippen LogP contribution in [0.2, 0.25) is 0 Å². The summed E-state index contributed by atoms with van der Waals surface area (Å²) in [6, 6.07) is 13.4. The molecule has 0 saturated heterocycles. The summed E-state index contributed by atoms with van der Waals surface area (Å²) in [7, 11) is 1.59. The maximum absolute atomic E-state index is 12.6. The Kier molecular flexibility index (Phi) is 5.03. The lowest BCUT2D eigenvalue weighted by Crippen LogP contribution is -2.20. The van der Waals surface area contributed by atoms with Gasteiger partial charge in [-0.25, -0.2) is 0 Å². The van der Waals surface area contributed by atoms with Crippen LogP contribution in [0.25, 0.3) is 0 Å². The van der Waals surface area contributed by atoms with Crippen molar-refractivity contribution in [1.82, 2.24) is 9.78 Å². The van der Waals surface area contributed by atoms with E-state index in [1.54, 1.807) is 25.2 Å². The molecular formula is C22H22N4O3. The number of anilines is 1. The first-order chi connectivity index (χ1) is 14.0. The van der Waals surface area contributed by atoms with Gasteiger partial charge in [0.15, 0.2) is 0 Å². The van der Waals surface area contributed by atoms with Gasteiger partial charge in [-0.2, -0.15) is 5.10 Å². The van der Waals surface area contributed by atoms with Crippen LogP contribution in [0.5, 0.6) is 5.75 Å². The molecule has 1 aliphatic rings. The number of aromatic nitrogens is 2. The first-order valence-electron chi connectivity index (χ1n) is 9.48. The number of amides is 2. The van der Waals surface area contributed by atoms with Crippen molar-refractivity contribution in [2.24, 2.45) is 12.8 Å². The number of hydrogen-bond donors (Lipinski definition) is 2. The molecule has 0 fully saturated rings. The lowest BCUT2D eigenvalue weighted by molar-refractivity contribution is 0.0992. The van der Waals surface area contributed by atoms with Crippen LogP contribution in [0.15, 0.2) is 48.7 Å². The zero-order valence-corrected chi connectivity index (χ0v) is 16.1. The molecule has 4 rings (SSSR count). The van der Waals surface area contributed by atoms with Gasteiger partial charge in [-0.05, 0) is 60.2 Å². The number of ether oxygens (including phenoxy) is 1. The number of carbonyl (C=O) groups is 2. The smallest absolute Gasteiger partial charge is 0.269 e. The minimum atomic E-state index is -0.656. The molecule has 1 heterocycles. The SMILES string of the molecule is Cn1ncc(NC(=O)c2cccc(COc3ccc4c(c3)CCC4)c2)c1C(N)=O. The number of rotatable bonds is 6. The Bertz CT molecular complexity index is 1090. The number of nitrogens with one attached hydrogen (secondary N) is 1. The maximum atomic E-state index is 12.6. The molecular weight excluding hydrogens is 368 g/mol. The van der Waals surface area contributed by atoms with Gasteiger partial charge in [0.05, 0.1) is 11.9 Å². The second-order valence-electron chi connectivity index (χ2n) is 7.12. The topological polar surface area (TPSA) is 99.2 Å². The Morgan fingerprint density at radius 3 is 2.83 bits per heavy atom. The summed E-state index contributed by atoms with van der Waals surface area (Å²) in [6.07, 6.45) is 4.84. The van der Waals surface area contributed by atoms with Crippen LogP contribution >= 0.6 is 0 Å². The lowest BCUT2D eigenvalue weighted by atomic mass is 10.1. The molecule has 148 valence electrons. The molecule has 3 aromatic rings. The second-order valence-corrected chi connectivity index (χ2v) is 7.12. The summed E-state index contributed by atoms with van der Waals surface area (Å²) >= 11 is 0. The zero-order chi connectivity index (χ0) is 20.4. The molecule has 7 heteroatoms. The van der Waals surface area contributed by atoms with Gasteiger partial charge in [0, 0.05) is 12.6 Å². The predicted molar refractivity (Wildman–Crippen MR) is 109 cm³/mol. The van der Waals surface area contributed by atoms with Crippen LogP contribution in [-0.4, -0.2) is 21.6 Å². The first kappa shape index (κ1) is 18.7. The normalized spacial score (nSPS) is 12.4. The highest BCUT2D eigenvalue weighted by molar-refractivity contribution is 6.08. The van der Waals surface area contributed by atoms with Gasteiger partial charge in [-0.15, -0.1) is 0 Å². The predicted octanol–water partition coefficient (Wildman–Crippen LogP) is 2.84. The van der Waals surface area contributed by atoms with Gasteiger partial charge in [-0.3, -0.25) is 14.3 Å². The number of primary amides is 1. The van der Waals surface area contributed by atoms with Gasteiger partial charge < -0.3 is 15.8 Å². The standard InChI is InChI=1S/C22H22N4O3/c1-26-20(21(23)27)19(12-24-26)25-22(28)17-7-2-4-14(10-17)13-29-18-9-8-15-5-3-6-16(15)11-18/h2,4,7-12H,3,5-6,13H2,1H3,(H2,23,27)(H,25,28). The Hall–Kier alpha value is -3.61. The van der Waals surface area contributed by atoms with Crippen molar-refractivity contribution >= 4 is 17.5 Å². The van der Waals surface area contributed by atoms with E-state index in [2.05, 4.69) is 22.5 Å². The van der Waals surface area contributed by atoms with Crippen molar-refractivity contribution in [3.63, 3.8) is 0 Å². The third-order valence-electron chi connectivity index (χ3n) is 5.08. The Balaban J connectivity index is 1.44. The van der Waals surface area contributed by atoms with E-state index in [4.69, 9.17) is 10.5 Å². The van der Waals surface area contributed by atoms with Crippen LogP contribution in [0, 0.1) is 0 Å². The van der Waals surface area contributed by atoms with Crippen molar-refractivity contribution in [3.05, 3.63) is 76.6 Å². The van der Waals surface area contributed by atoms with E-state index in [0.29, 0.717) is 12.2 Å². The second kappa shape index (κ2) is 7.79. The molecule has 2 aromatic carbocycles. The Morgan fingerprint density at radius 1 is 1.17 bits per heavy atom. The highest BCUT2D eigenvalue weighted by Crippen LogP contribution is 2.26. The highest BCUT2D eigenvalue weighted by Gasteiger charge is 2.17. The molecule has 7 nitrogen and oxygen atoms in total. The molecule has 3 N–H and O–H groups in total. The van der Waals surface area contributed by atoms with Gasteiger partial charge in [0.2, 0.25) is 0 Å². The maximum Gasteiger partial charge on any atom is 0.269 e. The minimum Gasteiger partial charge on any atom is -0.489 e. The van der Waals surface area contributed by atoms with Crippen LogP contribution < -0.4 is 15.8 Å². The fourth-order valence-electron chi connectivity index (χ4n) is 3.62. The molecule has 2 amide bonds. The molecule has 0 bridgehead atoms. The molecule has 1 aliphatic carbocycles. The van der Waals surface area contributed by atoms with E-state index in [1.165, 1.54) is 28.4 Å². The number of aryl methyl sites for hydroxylation is 3. The third kappa shape index (κ3) is 3.99. The number of nitrogens with zero attached hydrogens (tertiary/aromatic N) is 2. The van der Waals surface area contributed by atoms with E-state index in [0.717, 1.165) is 24.2 Å². The van der Waals surface area contributed by atoms with Gasteiger partial charge in [0.25, 0.3) is 11.8 Å². The van der Waals surface area contributed by atoms with Crippen LogP contribution in [-0.2, 0) is 26.5 Å². The van der Waals surface area contributed by atoms with Crippen LogP contribution in [0.1, 0.15) is 44.0 Å². The van der Waals surface area contributed by atoms with E-state index >= 15 is 0 Å². The van der Waals surface area contributed by atoms with Crippen molar-refractivity contribution in [1.29, 1.82) is 0 Å². The summed E-state index contributed by atoms with van der Waals surface area (Å²) in [4.78, 5) is 24.2. The number of nitrogens with two attached hydrogens (primary N) is 1. The average molecular weight is 390 g/mol. The number of fused-ring (bicyclic) bond motifs is 1. The third-order valence-corrected chi connectivity index (χ3v) is 5.08. The first-order valence-corrected chi connectivity index (χ1v) is 9.48. The summed E-state index contributed by atoms with van der Waals surface area (Å²) in [6.45, 7) is 0.360. The average Bonchev–Trinajstić information content (AvgIpc) is 3.32. The van der Waals surface area contributed by atoms with E-state index < -0.39 is 5.91 Å². The molecule has 29 heavy (non-hydrogen) atoms. The summed E-state index contributed by atoms with van der Waals surface area (Å²) in [5.41, 5.74) is 9.88. The van der Waals surface area contributed by atoms with Crippen molar-refractivity contribution in [2.75, 3.05) is 5.32 Å². The quantitative estimate of drug-likeness (QED) is 0.676. The van der Waals surface area contributed by atoms with Crippen molar-refractivity contribution in [3.8, 4) is 5.75 Å². The fraction of sp³-hybridized carbons (Fsp3) is 0.227. The summed E-state index contributed by atoms with van der Waals surface area (Å²) in [5.74, 6) is -0.168. The van der Waals surface area contributed by atoms with Crippen molar-refractivity contribution in [2.45, 2.75) is 25.9 Å². The largest absolute Gasteiger partial charge is 0.489 e. The van der Waals surface area contributed by atoms with Gasteiger partial charge in [0.1, 0.15) is 18.1 Å². The monoisotopic (exact) mass is 390 g/mol. The van der Waals surface area contributed by atoms with E-state index in [-0.39, 0.29) is 17.3 Å². The molecule has 0 unspecified atom stereocenters. The number of benzene rings is 2. The number of hydrogen-bond acceptors (Lipinski definition) is 4. The molecule has 0 spiro atoms. The van der Waals surface area contributed by atoms with Gasteiger partial charge >= 0.3 is 0 Å². The fourth-order valence-corrected chi connectivity index (χ4v) is 3.62. The minimum absolute atomic E-state index is 0.148. The molecule has 1 aromatic heterocycles. The summed E-state index contributed by atoms with van der Waals surface area (Å²) in [5, 5.41) is 6.67. The van der Waals surface area contributed by atoms with Crippen LogP contribution in [0.4, 0.5) is 5.69 Å². The lowest BCUT2D eigenvalue weighted by Gasteiger charge is -2.10.